The average Bonchev–Trinajstić information content (AvgIpc) is 2.45. The number of hydrogen-bond donors (Lipinski definition) is 0. The van der Waals surface area contributed by atoms with Gasteiger partial charge >= 0.3 is 0 Å². The Morgan fingerprint density at radius 1 is 1.50 bits per heavy atom. The molecule has 1 aromatic carbocycles. The molecule has 6 nitrogen and oxygen atoms in total. The van der Waals surface area contributed by atoms with Gasteiger partial charge in [-0.15, -0.1) is 11.6 Å². The van der Waals surface area contributed by atoms with Crippen molar-refractivity contribution >= 4 is 17.3 Å². The second-order valence-corrected chi connectivity index (χ2v) is 4.90. The van der Waals surface area contributed by atoms with E-state index in [-0.39, 0.29) is 11.8 Å². The average molecular weight is 301 g/mol. The molecule has 2 rings (SSSR count). The van der Waals surface area contributed by atoms with E-state index in [1.165, 1.54) is 12.1 Å². The van der Waals surface area contributed by atoms with Gasteiger partial charge in [-0.3, -0.25) is 15.0 Å². The summed E-state index contributed by atoms with van der Waals surface area (Å²) in [5.74, 6) is 1.54. The summed E-state index contributed by atoms with van der Waals surface area (Å²) >= 11 is 5.74. The van der Waals surface area contributed by atoms with Gasteiger partial charge in [0.15, 0.2) is 11.5 Å². The third-order valence-electron chi connectivity index (χ3n) is 3.17. The van der Waals surface area contributed by atoms with Gasteiger partial charge in [-0.05, 0) is 12.6 Å². The van der Waals surface area contributed by atoms with E-state index in [9.17, 15) is 10.1 Å². The van der Waals surface area contributed by atoms with E-state index >= 15 is 0 Å². The maximum Gasteiger partial charge on any atom is 0.273 e. The predicted octanol–water partition coefficient (Wildman–Crippen LogP) is 2.30. The number of alkyl halides is 1. The zero-order valence-electron chi connectivity index (χ0n) is 11.3. The number of hydrogen-bond acceptors (Lipinski definition) is 5. The fraction of sp³-hybridized carbons (Fsp3) is 0.538. The van der Waals surface area contributed by atoms with Crippen molar-refractivity contribution in [1.29, 1.82) is 0 Å². The molecule has 1 aliphatic heterocycles. The van der Waals surface area contributed by atoms with Crippen LogP contribution in [0.5, 0.6) is 11.5 Å². The van der Waals surface area contributed by atoms with Crippen molar-refractivity contribution in [2.45, 2.75) is 13.0 Å². The molecule has 0 N–H and O–H groups in total. The lowest BCUT2D eigenvalue weighted by Gasteiger charge is -2.30. The summed E-state index contributed by atoms with van der Waals surface area (Å²) in [7, 11) is 0. The van der Waals surface area contributed by atoms with E-state index in [0.29, 0.717) is 30.5 Å². The van der Waals surface area contributed by atoms with Crippen molar-refractivity contribution in [3.8, 4) is 11.5 Å². The van der Waals surface area contributed by atoms with Crippen LogP contribution < -0.4 is 9.47 Å². The van der Waals surface area contributed by atoms with Crippen molar-refractivity contribution in [1.82, 2.24) is 4.90 Å². The molecule has 0 bridgehead atoms. The van der Waals surface area contributed by atoms with E-state index in [1.807, 2.05) is 0 Å². The summed E-state index contributed by atoms with van der Waals surface area (Å²) in [6.07, 6.45) is -0.146. The lowest BCUT2D eigenvalue weighted by atomic mass is 10.2. The Kier molecular flexibility index (Phi) is 5.03. The van der Waals surface area contributed by atoms with E-state index in [4.69, 9.17) is 21.1 Å². The molecule has 1 atom stereocenters. The second kappa shape index (κ2) is 6.76. The van der Waals surface area contributed by atoms with E-state index < -0.39 is 4.92 Å². The maximum atomic E-state index is 10.8. The van der Waals surface area contributed by atoms with Crippen LogP contribution in [0.25, 0.3) is 0 Å². The van der Waals surface area contributed by atoms with Crippen LogP contribution in [0.2, 0.25) is 0 Å². The Balaban J connectivity index is 2.05. The molecule has 7 heteroatoms. The molecular weight excluding hydrogens is 284 g/mol. The van der Waals surface area contributed by atoms with Crippen LogP contribution in [0, 0.1) is 10.1 Å². The number of rotatable bonds is 6. The number of ether oxygens (including phenoxy) is 2. The van der Waals surface area contributed by atoms with Crippen molar-refractivity contribution in [3.63, 3.8) is 0 Å². The van der Waals surface area contributed by atoms with Gasteiger partial charge in [0, 0.05) is 25.0 Å². The Hall–Kier alpha value is -1.53. The Labute approximate surface area is 122 Å². The number of nitro groups is 1. The van der Waals surface area contributed by atoms with E-state index in [0.717, 1.165) is 13.1 Å². The molecule has 20 heavy (non-hydrogen) atoms. The second-order valence-electron chi connectivity index (χ2n) is 4.52. The third kappa shape index (κ3) is 3.52. The molecule has 1 unspecified atom stereocenters. The molecule has 0 saturated carbocycles. The number of fused-ring (bicyclic) bond motifs is 1. The Morgan fingerprint density at radius 2 is 2.30 bits per heavy atom. The van der Waals surface area contributed by atoms with Gasteiger partial charge in [0.1, 0.15) is 12.7 Å². The molecular formula is C13H17ClN2O4. The SMILES string of the molecule is CCN(CCCl)CC1COc2ccc([N+](=O)[O-])cc2O1. The topological polar surface area (TPSA) is 64.8 Å². The zero-order chi connectivity index (χ0) is 14.5. The quantitative estimate of drug-likeness (QED) is 0.458. The van der Waals surface area contributed by atoms with Crippen molar-refractivity contribution < 1.29 is 14.4 Å². The van der Waals surface area contributed by atoms with Crippen LogP contribution in [0.4, 0.5) is 5.69 Å². The van der Waals surface area contributed by atoms with Gasteiger partial charge in [0.25, 0.3) is 5.69 Å². The molecule has 110 valence electrons. The van der Waals surface area contributed by atoms with Crippen LogP contribution >= 0.6 is 11.6 Å². The molecule has 1 aromatic rings. The third-order valence-corrected chi connectivity index (χ3v) is 3.34. The summed E-state index contributed by atoms with van der Waals surface area (Å²) in [6.45, 7) is 4.82. The minimum atomic E-state index is -0.445. The number of non-ortho nitro benzene ring substituents is 1. The predicted molar refractivity (Wildman–Crippen MR) is 75.8 cm³/mol. The van der Waals surface area contributed by atoms with Crippen LogP contribution in [-0.2, 0) is 0 Å². The van der Waals surface area contributed by atoms with Crippen LogP contribution in [0.3, 0.4) is 0 Å². The van der Waals surface area contributed by atoms with Gasteiger partial charge in [-0.2, -0.15) is 0 Å². The first-order valence-electron chi connectivity index (χ1n) is 6.50. The summed E-state index contributed by atoms with van der Waals surface area (Å²) in [4.78, 5) is 12.5. The number of nitro benzene ring substituents is 1. The van der Waals surface area contributed by atoms with Crippen LogP contribution in [0.1, 0.15) is 6.92 Å². The van der Waals surface area contributed by atoms with Gasteiger partial charge < -0.3 is 9.47 Å². The summed E-state index contributed by atoms with van der Waals surface area (Å²) in [5.41, 5.74) is 0.00102. The Morgan fingerprint density at radius 3 is 2.95 bits per heavy atom. The number of benzene rings is 1. The van der Waals surface area contributed by atoms with Crippen molar-refractivity contribution in [2.24, 2.45) is 0 Å². The zero-order valence-corrected chi connectivity index (χ0v) is 12.0. The van der Waals surface area contributed by atoms with Crippen LogP contribution in [-0.4, -0.2) is 48.0 Å². The maximum absolute atomic E-state index is 10.8. The highest BCUT2D eigenvalue weighted by atomic mass is 35.5. The van der Waals surface area contributed by atoms with Crippen molar-refractivity contribution in [2.75, 3.05) is 32.1 Å². The van der Waals surface area contributed by atoms with E-state index in [1.54, 1.807) is 6.07 Å². The lowest BCUT2D eigenvalue weighted by molar-refractivity contribution is -0.385. The molecule has 0 aliphatic carbocycles. The van der Waals surface area contributed by atoms with Crippen LogP contribution in [0.15, 0.2) is 18.2 Å². The molecule has 0 fully saturated rings. The Bertz CT molecular complexity index is 483. The number of likely N-dealkylation sites (N-methyl/N-ethyl adjacent to an activating group) is 1. The molecule has 0 radical (unpaired) electrons. The fourth-order valence-electron chi connectivity index (χ4n) is 2.09. The first-order valence-corrected chi connectivity index (χ1v) is 7.03. The summed E-state index contributed by atoms with van der Waals surface area (Å²) in [6, 6.07) is 4.38. The first-order chi connectivity index (χ1) is 9.63. The molecule has 1 heterocycles. The highest BCUT2D eigenvalue weighted by Gasteiger charge is 2.24. The lowest BCUT2D eigenvalue weighted by Crippen LogP contribution is -2.41. The standard InChI is InChI=1S/C13H17ClN2O4/c1-2-15(6-5-14)8-11-9-19-12-4-3-10(16(17)18)7-13(12)20-11/h3-4,7,11H,2,5-6,8-9H2,1H3. The molecule has 0 aromatic heterocycles. The molecule has 1 aliphatic rings. The minimum Gasteiger partial charge on any atom is -0.486 e. The molecule has 0 saturated heterocycles. The fourth-order valence-corrected chi connectivity index (χ4v) is 2.33. The van der Waals surface area contributed by atoms with Gasteiger partial charge in [0.05, 0.1) is 11.0 Å². The van der Waals surface area contributed by atoms with Crippen molar-refractivity contribution in [3.05, 3.63) is 28.3 Å². The molecule has 0 spiro atoms. The highest BCUT2D eigenvalue weighted by molar-refractivity contribution is 6.18. The molecule has 0 amide bonds. The monoisotopic (exact) mass is 300 g/mol. The number of halogens is 1. The van der Waals surface area contributed by atoms with E-state index in [2.05, 4.69) is 11.8 Å². The normalized spacial score (nSPS) is 17.2. The summed E-state index contributed by atoms with van der Waals surface area (Å²) < 4.78 is 11.4. The largest absolute Gasteiger partial charge is 0.486 e. The van der Waals surface area contributed by atoms with Gasteiger partial charge in [-0.25, -0.2) is 0 Å². The first kappa shape index (κ1) is 14.9. The van der Waals surface area contributed by atoms with Gasteiger partial charge in [0.2, 0.25) is 0 Å². The number of nitrogens with zero attached hydrogens (tertiary/aromatic N) is 2. The smallest absolute Gasteiger partial charge is 0.273 e. The highest BCUT2D eigenvalue weighted by Crippen LogP contribution is 2.34. The summed E-state index contributed by atoms with van der Waals surface area (Å²) in [5, 5.41) is 10.8. The minimum absolute atomic E-state index is 0.00102. The van der Waals surface area contributed by atoms with Gasteiger partial charge in [-0.1, -0.05) is 6.92 Å².